The van der Waals surface area contributed by atoms with Gasteiger partial charge in [-0.05, 0) is 34.5 Å². The Labute approximate surface area is 142 Å². The predicted octanol–water partition coefficient (Wildman–Crippen LogP) is 5.14. The van der Waals surface area contributed by atoms with Gasteiger partial charge in [0.1, 0.15) is 0 Å². The monoisotopic (exact) mass is 315 g/mol. The van der Waals surface area contributed by atoms with E-state index >= 15 is 0 Å². The Bertz CT molecular complexity index is 508. The van der Waals surface area contributed by atoms with Gasteiger partial charge in [-0.25, -0.2) is 0 Å². The average molecular weight is 316 g/mol. The topological polar surface area (TPSA) is 20.3 Å². The lowest BCUT2D eigenvalue weighted by atomic mass is 9.87. The largest absolute Gasteiger partial charge is 0.339 e. The van der Waals surface area contributed by atoms with Crippen LogP contribution in [0.2, 0.25) is 0 Å². The highest BCUT2D eigenvalue weighted by Crippen LogP contribution is 2.22. The summed E-state index contributed by atoms with van der Waals surface area (Å²) >= 11 is 0. The molecular formula is C21H33NO. The molecule has 0 saturated heterocycles. The van der Waals surface area contributed by atoms with Crippen LogP contribution < -0.4 is 0 Å². The second-order valence-corrected chi connectivity index (χ2v) is 8.24. The number of nitrogens with zero attached hydrogens (tertiary/aromatic N) is 1. The van der Waals surface area contributed by atoms with E-state index in [-0.39, 0.29) is 11.3 Å². The first-order valence-electron chi connectivity index (χ1n) is 8.67. The third-order valence-electron chi connectivity index (χ3n) is 3.68. The molecule has 1 aromatic carbocycles. The Morgan fingerprint density at radius 3 is 1.87 bits per heavy atom. The number of benzene rings is 1. The molecule has 1 aromatic rings. The van der Waals surface area contributed by atoms with Crippen molar-refractivity contribution in [3.05, 3.63) is 41.5 Å². The van der Waals surface area contributed by atoms with Crippen LogP contribution >= 0.6 is 0 Å². The van der Waals surface area contributed by atoms with Crippen LogP contribution in [0.25, 0.3) is 6.08 Å². The molecule has 0 heterocycles. The maximum absolute atomic E-state index is 12.5. The van der Waals surface area contributed by atoms with Crippen molar-refractivity contribution < 1.29 is 4.79 Å². The fourth-order valence-electron chi connectivity index (χ4n) is 2.50. The van der Waals surface area contributed by atoms with Crippen LogP contribution in [0.3, 0.4) is 0 Å². The summed E-state index contributed by atoms with van der Waals surface area (Å²) in [6.45, 7) is 16.8. The lowest BCUT2D eigenvalue weighted by Gasteiger charge is -2.25. The van der Waals surface area contributed by atoms with Gasteiger partial charge in [-0.1, -0.05) is 72.7 Å². The highest BCUT2D eigenvalue weighted by Gasteiger charge is 2.14. The molecule has 2 heteroatoms. The lowest BCUT2D eigenvalue weighted by Crippen LogP contribution is -2.35. The fraction of sp³-hybridized carbons (Fsp3) is 0.571. The van der Waals surface area contributed by atoms with Gasteiger partial charge in [0.15, 0.2) is 0 Å². The highest BCUT2D eigenvalue weighted by atomic mass is 16.2. The van der Waals surface area contributed by atoms with E-state index in [1.165, 1.54) is 5.56 Å². The van der Waals surface area contributed by atoms with Gasteiger partial charge < -0.3 is 4.90 Å². The number of carbonyl (C=O) groups excluding carboxylic acids is 1. The zero-order valence-electron chi connectivity index (χ0n) is 15.9. The summed E-state index contributed by atoms with van der Waals surface area (Å²) < 4.78 is 0. The van der Waals surface area contributed by atoms with Crippen LogP contribution in [0.15, 0.2) is 30.3 Å². The number of amides is 1. The quantitative estimate of drug-likeness (QED) is 0.666. The molecule has 0 spiro atoms. The summed E-state index contributed by atoms with van der Waals surface area (Å²) in [4.78, 5) is 14.4. The van der Waals surface area contributed by atoms with Crippen LogP contribution in [-0.2, 0) is 10.2 Å². The molecule has 0 bridgehead atoms. The van der Waals surface area contributed by atoms with Gasteiger partial charge in [0.25, 0.3) is 0 Å². The van der Waals surface area contributed by atoms with Crippen molar-refractivity contribution >= 4 is 12.0 Å². The molecule has 0 aliphatic heterocycles. The van der Waals surface area contributed by atoms with Gasteiger partial charge in [-0.3, -0.25) is 4.79 Å². The summed E-state index contributed by atoms with van der Waals surface area (Å²) in [7, 11) is 0. The van der Waals surface area contributed by atoms with Crippen molar-refractivity contribution in [1.29, 1.82) is 0 Å². The van der Waals surface area contributed by atoms with Gasteiger partial charge in [0.2, 0.25) is 5.91 Å². The minimum atomic E-state index is 0.104. The van der Waals surface area contributed by atoms with E-state index in [2.05, 4.69) is 72.7 Å². The first-order chi connectivity index (χ1) is 10.6. The molecule has 1 rings (SSSR count). The number of hydrogen-bond acceptors (Lipinski definition) is 1. The second kappa shape index (κ2) is 8.33. The molecule has 0 unspecified atom stereocenters. The SMILES string of the molecule is CC(C)CN(CC(C)C)C(=O)C=Cc1ccc(C(C)(C)C)cc1. The Kier molecular flexibility index (Phi) is 7.05. The molecular weight excluding hydrogens is 282 g/mol. The summed E-state index contributed by atoms with van der Waals surface area (Å²) in [5.74, 6) is 1.07. The van der Waals surface area contributed by atoms with Crippen molar-refractivity contribution in [2.45, 2.75) is 53.9 Å². The third kappa shape index (κ3) is 7.02. The first kappa shape index (κ1) is 19.5. The lowest BCUT2D eigenvalue weighted by molar-refractivity contribution is -0.127. The van der Waals surface area contributed by atoms with E-state index in [0.29, 0.717) is 11.8 Å². The standard InChI is InChI=1S/C21H33NO/c1-16(2)14-22(15-17(3)4)20(23)13-10-18-8-11-19(12-9-18)21(5,6)7/h8-13,16-17H,14-15H2,1-7H3. The molecule has 0 atom stereocenters. The third-order valence-corrected chi connectivity index (χ3v) is 3.68. The van der Waals surface area contributed by atoms with Gasteiger partial charge in [0.05, 0.1) is 0 Å². The van der Waals surface area contributed by atoms with Gasteiger partial charge in [0, 0.05) is 19.2 Å². The Hall–Kier alpha value is -1.57. The molecule has 0 N–H and O–H groups in total. The molecule has 23 heavy (non-hydrogen) atoms. The summed E-state index contributed by atoms with van der Waals surface area (Å²) in [5.41, 5.74) is 2.53. The minimum Gasteiger partial charge on any atom is -0.339 e. The summed E-state index contributed by atoms with van der Waals surface area (Å²) in [6, 6.07) is 8.45. The smallest absolute Gasteiger partial charge is 0.246 e. The summed E-state index contributed by atoms with van der Waals surface area (Å²) in [6.07, 6.45) is 3.62. The molecule has 0 fully saturated rings. The molecule has 1 amide bonds. The maximum Gasteiger partial charge on any atom is 0.246 e. The van der Waals surface area contributed by atoms with Crippen molar-refractivity contribution in [2.75, 3.05) is 13.1 Å². The molecule has 0 aromatic heterocycles. The minimum absolute atomic E-state index is 0.104. The molecule has 128 valence electrons. The van der Waals surface area contributed by atoms with Crippen LogP contribution in [0.1, 0.15) is 59.6 Å². The predicted molar refractivity (Wildman–Crippen MR) is 100 cm³/mol. The van der Waals surface area contributed by atoms with E-state index in [4.69, 9.17) is 0 Å². The Morgan fingerprint density at radius 2 is 1.48 bits per heavy atom. The van der Waals surface area contributed by atoms with Crippen LogP contribution in [0, 0.1) is 11.8 Å². The number of rotatable bonds is 6. The van der Waals surface area contributed by atoms with Gasteiger partial charge >= 0.3 is 0 Å². The van der Waals surface area contributed by atoms with Crippen molar-refractivity contribution in [3.63, 3.8) is 0 Å². The molecule has 2 nitrogen and oxygen atoms in total. The Morgan fingerprint density at radius 1 is 1.00 bits per heavy atom. The van der Waals surface area contributed by atoms with E-state index in [1.807, 2.05) is 11.0 Å². The summed E-state index contributed by atoms with van der Waals surface area (Å²) in [5, 5.41) is 0. The van der Waals surface area contributed by atoms with Crippen molar-refractivity contribution in [2.24, 2.45) is 11.8 Å². The molecule has 0 saturated carbocycles. The molecule has 0 aliphatic carbocycles. The zero-order valence-corrected chi connectivity index (χ0v) is 15.9. The van der Waals surface area contributed by atoms with E-state index < -0.39 is 0 Å². The van der Waals surface area contributed by atoms with Crippen LogP contribution in [0.5, 0.6) is 0 Å². The van der Waals surface area contributed by atoms with E-state index in [1.54, 1.807) is 6.08 Å². The number of carbonyl (C=O) groups is 1. The maximum atomic E-state index is 12.5. The van der Waals surface area contributed by atoms with Crippen molar-refractivity contribution in [1.82, 2.24) is 4.90 Å². The Balaban J connectivity index is 2.78. The highest BCUT2D eigenvalue weighted by molar-refractivity contribution is 5.91. The zero-order chi connectivity index (χ0) is 17.6. The van der Waals surface area contributed by atoms with Gasteiger partial charge in [-0.2, -0.15) is 0 Å². The van der Waals surface area contributed by atoms with Gasteiger partial charge in [-0.15, -0.1) is 0 Å². The van der Waals surface area contributed by atoms with E-state index in [9.17, 15) is 4.79 Å². The van der Waals surface area contributed by atoms with Crippen LogP contribution in [0.4, 0.5) is 0 Å². The van der Waals surface area contributed by atoms with Crippen molar-refractivity contribution in [3.8, 4) is 0 Å². The first-order valence-corrected chi connectivity index (χ1v) is 8.67. The van der Waals surface area contributed by atoms with E-state index in [0.717, 1.165) is 18.7 Å². The normalized spacial score (nSPS) is 12.4. The number of hydrogen-bond donors (Lipinski definition) is 0. The average Bonchev–Trinajstić information content (AvgIpc) is 2.42. The fourth-order valence-corrected chi connectivity index (χ4v) is 2.50. The molecule has 0 aliphatic rings. The molecule has 0 radical (unpaired) electrons. The second-order valence-electron chi connectivity index (χ2n) is 8.24. The van der Waals surface area contributed by atoms with Crippen LogP contribution in [-0.4, -0.2) is 23.9 Å².